The largest absolute Gasteiger partial charge is 0.506 e. The number of aromatic hydroxyl groups is 1. The average Bonchev–Trinajstić information content (AvgIpc) is 3.05. The van der Waals surface area contributed by atoms with Gasteiger partial charge in [-0.25, -0.2) is 4.99 Å². The predicted molar refractivity (Wildman–Crippen MR) is 90.9 cm³/mol. The molecule has 1 N–H and O–H groups in total. The first-order chi connectivity index (χ1) is 11.5. The van der Waals surface area contributed by atoms with E-state index in [-0.39, 0.29) is 11.4 Å². The summed E-state index contributed by atoms with van der Waals surface area (Å²) in [5.41, 5.74) is 2.22. The SMILES string of the molecule is Cc1ccc(O)c(N=Cc2ccc(-c3ccc([N+](=O)[O-])cc3)o2)c1. The minimum absolute atomic E-state index is 0.0296. The minimum atomic E-state index is -0.446. The third kappa shape index (κ3) is 3.33. The zero-order chi connectivity index (χ0) is 17.1. The molecule has 0 spiro atoms. The third-order valence-electron chi connectivity index (χ3n) is 3.45. The van der Waals surface area contributed by atoms with Crippen LogP contribution in [0.15, 0.2) is 64.0 Å². The quantitative estimate of drug-likeness (QED) is 0.431. The number of hydrogen-bond donors (Lipinski definition) is 1. The summed E-state index contributed by atoms with van der Waals surface area (Å²) >= 11 is 0. The lowest BCUT2D eigenvalue weighted by molar-refractivity contribution is -0.384. The summed E-state index contributed by atoms with van der Waals surface area (Å²) in [6, 6.07) is 14.8. The van der Waals surface area contributed by atoms with E-state index >= 15 is 0 Å². The normalized spacial score (nSPS) is 11.0. The summed E-state index contributed by atoms with van der Waals surface area (Å²) in [5, 5.41) is 20.4. The fourth-order valence-corrected chi connectivity index (χ4v) is 2.19. The number of nitrogens with zero attached hydrogens (tertiary/aromatic N) is 2. The molecule has 120 valence electrons. The van der Waals surface area contributed by atoms with Crippen molar-refractivity contribution in [1.82, 2.24) is 0 Å². The maximum atomic E-state index is 10.7. The van der Waals surface area contributed by atoms with Crippen LogP contribution in [0.2, 0.25) is 0 Å². The number of aryl methyl sites for hydroxylation is 1. The van der Waals surface area contributed by atoms with E-state index < -0.39 is 4.92 Å². The number of aliphatic imine (C=N–C) groups is 1. The van der Waals surface area contributed by atoms with E-state index in [1.807, 2.05) is 6.92 Å². The highest BCUT2D eigenvalue weighted by Crippen LogP contribution is 2.28. The standard InChI is InChI=1S/C18H14N2O4/c1-12-2-8-17(21)16(10-12)19-11-15-7-9-18(24-15)13-3-5-14(6-4-13)20(22)23/h2-11,21H,1H3. The number of non-ortho nitro benzene ring substituents is 1. The third-order valence-corrected chi connectivity index (χ3v) is 3.45. The van der Waals surface area contributed by atoms with Crippen molar-refractivity contribution in [2.24, 2.45) is 4.99 Å². The number of rotatable bonds is 4. The molecular weight excluding hydrogens is 308 g/mol. The Bertz CT molecular complexity index is 911. The van der Waals surface area contributed by atoms with Crippen molar-refractivity contribution in [3.05, 3.63) is 76.0 Å². The second-order valence-corrected chi connectivity index (χ2v) is 5.26. The summed E-state index contributed by atoms with van der Waals surface area (Å²) in [5.74, 6) is 1.20. The van der Waals surface area contributed by atoms with E-state index in [0.29, 0.717) is 17.2 Å². The molecule has 0 fully saturated rings. The summed E-state index contributed by atoms with van der Waals surface area (Å²) in [7, 11) is 0. The molecule has 0 aliphatic heterocycles. The Balaban J connectivity index is 1.81. The zero-order valence-electron chi connectivity index (χ0n) is 12.8. The van der Waals surface area contributed by atoms with E-state index in [1.165, 1.54) is 18.3 Å². The molecule has 24 heavy (non-hydrogen) atoms. The number of hydrogen-bond acceptors (Lipinski definition) is 5. The maximum absolute atomic E-state index is 10.7. The molecule has 6 nitrogen and oxygen atoms in total. The van der Waals surface area contributed by atoms with Crippen molar-refractivity contribution in [2.45, 2.75) is 6.92 Å². The van der Waals surface area contributed by atoms with Crippen molar-refractivity contribution in [3.8, 4) is 17.1 Å². The van der Waals surface area contributed by atoms with Gasteiger partial charge in [-0.15, -0.1) is 0 Å². The molecule has 0 unspecified atom stereocenters. The van der Waals surface area contributed by atoms with Gasteiger partial charge in [0.1, 0.15) is 23.0 Å². The Labute approximate surface area is 137 Å². The van der Waals surface area contributed by atoms with Gasteiger partial charge in [0.25, 0.3) is 5.69 Å². The van der Waals surface area contributed by atoms with Gasteiger partial charge in [0, 0.05) is 17.7 Å². The van der Waals surface area contributed by atoms with Gasteiger partial charge in [0.2, 0.25) is 0 Å². The molecule has 0 atom stereocenters. The first-order valence-corrected chi connectivity index (χ1v) is 7.21. The lowest BCUT2D eigenvalue weighted by Gasteiger charge is -1.99. The van der Waals surface area contributed by atoms with Crippen molar-refractivity contribution in [2.75, 3.05) is 0 Å². The molecule has 6 heteroatoms. The molecule has 0 saturated carbocycles. The van der Waals surface area contributed by atoms with Gasteiger partial charge >= 0.3 is 0 Å². The van der Waals surface area contributed by atoms with Gasteiger partial charge in [-0.1, -0.05) is 6.07 Å². The van der Waals surface area contributed by atoms with Crippen LogP contribution in [0.4, 0.5) is 11.4 Å². The number of furan rings is 1. The molecule has 1 heterocycles. The average molecular weight is 322 g/mol. The van der Waals surface area contributed by atoms with Crippen LogP contribution < -0.4 is 0 Å². The van der Waals surface area contributed by atoms with Crippen molar-refractivity contribution < 1.29 is 14.4 Å². The van der Waals surface area contributed by atoms with Crippen LogP contribution in [0, 0.1) is 17.0 Å². The van der Waals surface area contributed by atoms with Crippen molar-refractivity contribution >= 4 is 17.6 Å². The second-order valence-electron chi connectivity index (χ2n) is 5.26. The lowest BCUT2D eigenvalue weighted by Crippen LogP contribution is -1.86. The number of nitro benzene ring substituents is 1. The number of phenols is 1. The van der Waals surface area contributed by atoms with E-state index in [1.54, 1.807) is 42.5 Å². The highest BCUT2D eigenvalue weighted by atomic mass is 16.6. The van der Waals surface area contributed by atoms with E-state index in [4.69, 9.17) is 4.42 Å². The summed E-state index contributed by atoms with van der Waals surface area (Å²) in [4.78, 5) is 14.4. The van der Waals surface area contributed by atoms with Crippen molar-refractivity contribution in [1.29, 1.82) is 0 Å². The Morgan fingerprint density at radius 3 is 2.58 bits per heavy atom. The van der Waals surface area contributed by atoms with Gasteiger partial charge < -0.3 is 9.52 Å². The summed E-state index contributed by atoms with van der Waals surface area (Å²) < 4.78 is 5.66. The number of nitro groups is 1. The Morgan fingerprint density at radius 1 is 1.12 bits per heavy atom. The highest BCUT2D eigenvalue weighted by molar-refractivity contribution is 5.80. The summed E-state index contributed by atoms with van der Waals surface area (Å²) in [6.45, 7) is 1.91. The van der Waals surface area contributed by atoms with Gasteiger partial charge in [0.05, 0.1) is 11.1 Å². The van der Waals surface area contributed by atoms with E-state index in [2.05, 4.69) is 4.99 Å². The molecule has 3 aromatic rings. The topological polar surface area (TPSA) is 88.9 Å². The van der Waals surface area contributed by atoms with Crippen LogP contribution in [-0.4, -0.2) is 16.2 Å². The fourth-order valence-electron chi connectivity index (χ4n) is 2.19. The second kappa shape index (κ2) is 6.37. The first kappa shape index (κ1) is 15.5. The molecule has 0 aliphatic carbocycles. The molecule has 0 amide bonds. The Morgan fingerprint density at radius 2 is 1.88 bits per heavy atom. The number of phenolic OH excluding ortho intramolecular Hbond substituents is 1. The van der Waals surface area contributed by atoms with E-state index in [0.717, 1.165) is 11.1 Å². The molecule has 3 rings (SSSR count). The van der Waals surface area contributed by atoms with E-state index in [9.17, 15) is 15.2 Å². The molecule has 2 aromatic carbocycles. The highest BCUT2D eigenvalue weighted by Gasteiger charge is 2.08. The van der Waals surface area contributed by atoms with Gasteiger partial charge in [0.15, 0.2) is 0 Å². The van der Waals surface area contributed by atoms with Crippen LogP contribution in [0.1, 0.15) is 11.3 Å². The van der Waals surface area contributed by atoms with Crippen LogP contribution in [0.5, 0.6) is 5.75 Å². The van der Waals surface area contributed by atoms with Crippen LogP contribution >= 0.6 is 0 Å². The van der Waals surface area contributed by atoms with Gasteiger partial charge in [-0.05, 0) is 48.9 Å². The molecule has 0 bridgehead atoms. The van der Waals surface area contributed by atoms with Crippen LogP contribution in [0.25, 0.3) is 11.3 Å². The fraction of sp³-hybridized carbons (Fsp3) is 0.0556. The van der Waals surface area contributed by atoms with Crippen LogP contribution in [0.3, 0.4) is 0 Å². The predicted octanol–water partition coefficient (Wildman–Crippen LogP) is 4.62. The summed E-state index contributed by atoms with van der Waals surface area (Å²) in [6.07, 6.45) is 1.52. The molecule has 0 aliphatic rings. The Hall–Kier alpha value is -3.41. The van der Waals surface area contributed by atoms with Gasteiger partial charge in [-0.3, -0.25) is 10.1 Å². The number of benzene rings is 2. The minimum Gasteiger partial charge on any atom is -0.506 e. The van der Waals surface area contributed by atoms with Crippen LogP contribution in [-0.2, 0) is 0 Å². The monoisotopic (exact) mass is 322 g/mol. The smallest absolute Gasteiger partial charge is 0.269 e. The molecule has 0 radical (unpaired) electrons. The van der Waals surface area contributed by atoms with Crippen molar-refractivity contribution in [3.63, 3.8) is 0 Å². The first-order valence-electron chi connectivity index (χ1n) is 7.21. The molecule has 0 saturated heterocycles. The van der Waals surface area contributed by atoms with Gasteiger partial charge in [-0.2, -0.15) is 0 Å². The molecule has 1 aromatic heterocycles. The maximum Gasteiger partial charge on any atom is 0.269 e. The zero-order valence-corrected chi connectivity index (χ0v) is 12.8. The molecular formula is C18H14N2O4. The lowest BCUT2D eigenvalue weighted by atomic mass is 10.1. The Kier molecular flexibility index (Phi) is 4.11.